The van der Waals surface area contributed by atoms with Gasteiger partial charge >= 0.3 is 0 Å². The van der Waals surface area contributed by atoms with Gasteiger partial charge in [0.05, 0.1) is 11.0 Å². The summed E-state index contributed by atoms with van der Waals surface area (Å²) in [6.07, 6.45) is 6.48. The molecule has 0 aliphatic heterocycles. The van der Waals surface area contributed by atoms with E-state index in [0.717, 1.165) is 0 Å². The van der Waals surface area contributed by atoms with Crippen LogP contribution in [-0.2, 0) is 7.05 Å². The molecule has 0 saturated carbocycles. The van der Waals surface area contributed by atoms with Gasteiger partial charge < -0.3 is 4.57 Å². The smallest absolute Gasteiger partial charge is 0.212 e. The third kappa shape index (κ3) is 3.03. The molecular formula is C27H23N2+. The van der Waals surface area contributed by atoms with Crippen LogP contribution in [0.1, 0.15) is 11.1 Å². The zero-order valence-corrected chi connectivity index (χ0v) is 16.7. The number of benzene rings is 3. The van der Waals surface area contributed by atoms with E-state index in [-0.39, 0.29) is 0 Å². The Balaban J connectivity index is 1.63. The van der Waals surface area contributed by atoms with E-state index < -0.39 is 0 Å². The number of fused-ring (bicyclic) bond motifs is 3. The van der Waals surface area contributed by atoms with Crippen LogP contribution >= 0.6 is 0 Å². The molecule has 5 aromatic rings. The van der Waals surface area contributed by atoms with Crippen molar-refractivity contribution in [1.29, 1.82) is 0 Å². The van der Waals surface area contributed by atoms with E-state index in [9.17, 15) is 0 Å². The Morgan fingerprint density at radius 3 is 2.10 bits per heavy atom. The number of rotatable bonds is 3. The standard InChI is InChI=1S/C27H23N2/c1-20-14-15-21(19-24(20)25-11-7-8-17-28(25)2)16-18-29-26-12-5-3-9-22(26)23-10-4-6-13-27(23)29/h3-19H,1-2H3/q+1/b18-16+. The van der Waals surface area contributed by atoms with Crippen LogP contribution in [0.15, 0.2) is 91.1 Å². The Morgan fingerprint density at radius 1 is 0.759 bits per heavy atom. The first kappa shape index (κ1) is 17.4. The second-order valence-electron chi connectivity index (χ2n) is 7.49. The molecule has 0 N–H and O–H groups in total. The van der Waals surface area contributed by atoms with Gasteiger partial charge in [-0.2, -0.15) is 0 Å². The Morgan fingerprint density at radius 2 is 1.41 bits per heavy atom. The molecule has 2 heteroatoms. The molecule has 0 unspecified atom stereocenters. The Hall–Kier alpha value is -3.65. The molecule has 0 saturated heterocycles. The number of para-hydroxylation sites is 2. The van der Waals surface area contributed by atoms with Crippen molar-refractivity contribution in [3.63, 3.8) is 0 Å². The van der Waals surface area contributed by atoms with Crippen molar-refractivity contribution in [3.8, 4) is 11.3 Å². The highest BCUT2D eigenvalue weighted by molar-refractivity contribution is 6.09. The van der Waals surface area contributed by atoms with Crippen molar-refractivity contribution in [3.05, 3.63) is 102 Å². The van der Waals surface area contributed by atoms with Crippen molar-refractivity contribution in [2.24, 2.45) is 7.05 Å². The Bertz CT molecular complexity index is 1320. The molecule has 0 atom stereocenters. The van der Waals surface area contributed by atoms with Gasteiger partial charge in [0.25, 0.3) is 0 Å². The van der Waals surface area contributed by atoms with Gasteiger partial charge in [-0.15, -0.1) is 0 Å². The maximum absolute atomic E-state index is 2.28. The monoisotopic (exact) mass is 375 g/mol. The van der Waals surface area contributed by atoms with E-state index in [0.29, 0.717) is 0 Å². The average Bonchev–Trinajstić information content (AvgIpc) is 3.08. The molecule has 5 rings (SSSR count). The molecule has 0 amide bonds. The summed E-state index contributed by atoms with van der Waals surface area (Å²) < 4.78 is 4.45. The lowest BCUT2D eigenvalue weighted by Crippen LogP contribution is -2.30. The van der Waals surface area contributed by atoms with E-state index in [4.69, 9.17) is 0 Å². The third-order valence-electron chi connectivity index (χ3n) is 5.63. The molecule has 2 heterocycles. The third-order valence-corrected chi connectivity index (χ3v) is 5.63. The van der Waals surface area contributed by atoms with Crippen LogP contribution in [0.4, 0.5) is 0 Å². The summed E-state index contributed by atoms with van der Waals surface area (Å²) in [6.45, 7) is 2.17. The minimum absolute atomic E-state index is 1.19. The molecule has 3 aromatic carbocycles. The van der Waals surface area contributed by atoms with Gasteiger partial charge in [0.2, 0.25) is 5.69 Å². The van der Waals surface area contributed by atoms with Gasteiger partial charge in [-0.05, 0) is 48.4 Å². The van der Waals surface area contributed by atoms with Crippen LogP contribution in [0.25, 0.3) is 45.3 Å². The first-order valence-electron chi connectivity index (χ1n) is 9.94. The zero-order chi connectivity index (χ0) is 19.8. The maximum Gasteiger partial charge on any atom is 0.212 e. The molecule has 0 radical (unpaired) electrons. The fourth-order valence-electron chi connectivity index (χ4n) is 4.10. The predicted octanol–water partition coefficient (Wildman–Crippen LogP) is 6.22. The highest BCUT2D eigenvalue weighted by Gasteiger charge is 2.12. The van der Waals surface area contributed by atoms with Crippen molar-refractivity contribution in [1.82, 2.24) is 4.57 Å². The molecule has 2 aromatic heterocycles. The van der Waals surface area contributed by atoms with Gasteiger partial charge in [-0.1, -0.05) is 48.5 Å². The van der Waals surface area contributed by atoms with Crippen molar-refractivity contribution in [2.45, 2.75) is 6.92 Å². The minimum Gasteiger partial charge on any atom is -0.316 e. The molecule has 0 aliphatic rings. The number of nitrogens with zero attached hydrogens (tertiary/aromatic N) is 2. The summed E-state index contributed by atoms with van der Waals surface area (Å²) in [7, 11) is 2.09. The molecule has 0 bridgehead atoms. The lowest BCUT2D eigenvalue weighted by Gasteiger charge is -2.06. The SMILES string of the molecule is Cc1ccc(/C=C/n2c3ccccc3c3ccccc32)cc1-c1cccc[n+]1C. The van der Waals surface area contributed by atoms with Gasteiger partial charge in [-0.3, -0.25) is 0 Å². The average molecular weight is 375 g/mol. The van der Waals surface area contributed by atoms with Crippen molar-refractivity contribution in [2.75, 3.05) is 0 Å². The van der Waals surface area contributed by atoms with E-state index in [1.807, 2.05) is 0 Å². The minimum atomic E-state index is 1.19. The summed E-state index contributed by atoms with van der Waals surface area (Å²) in [4.78, 5) is 0. The number of hydrogen-bond donors (Lipinski definition) is 0. The molecule has 29 heavy (non-hydrogen) atoms. The van der Waals surface area contributed by atoms with Crippen LogP contribution in [0.5, 0.6) is 0 Å². The van der Waals surface area contributed by atoms with Crippen molar-refractivity contribution < 1.29 is 4.57 Å². The predicted molar refractivity (Wildman–Crippen MR) is 122 cm³/mol. The first-order chi connectivity index (χ1) is 14.2. The lowest BCUT2D eigenvalue weighted by molar-refractivity contribution is -0.660. The Kier molecular flexibility index (Phi) is 4.25. The highest BCUT2D eigenvalue weighted by Crippen LogP contribution is 2.29. The van der Waals surface area contributed by atoms with Crippen LogP contribution in [0, 0.1) is 6.92 Å². The molecule has 0 aliphatic carbocycles. The second-order valence-corrected chi connectivity index (χ2v) is 7.49. The van der Waals surface area contributed by atoms with Gasteiger partial charge in [0.15, 0.2) is 6.20 Å². The molecular weight excluding hydrogens is 352 g/mol. The van der Waals surface area contributed by atoms with Gasteiger partial charge in [-0.25, -0.2) is 4.57 Å². The summed E-state index contributed by atoms with van der Waals surface area (Å²) >= 11 is 0. The normalized spacial score (nSPS) is 11.7. The number of aryl methyl sites for hydroxylation is 2. The molecule has 0 fully saturated rings. The molecule has 0 spiro atoms. The number of pyridine rings is 1. The second kappa shape index (κ2) is 7.06. The fourth-order valence-corrected chi connectivity index (χ4v) is 4.10. The van der Waals surface area contributed by atoms with E-state index in [1.54, 1.807) is 0 Å². The highest BCUT2D eigenvalue weighted by atomic mass is 15.0. The van der Waals surface area contributed by atoms with E-state index in [2.05, 4.69) is 127 Å². The lowest BCUT2D eigenvalue weighted by atomic mass is 10.0. The summed E-state index contributed by atoms with van der Waals surface area (Å²) in [5, 5.41) is 2.57. The van der Waals surface area contributed by atoms with E-state index >= 15 is 0 Å². The van der Waals surface area contributed by atoms with Crippen LogP contribution in [-0.4, -0.2) is 4.57 Å². The topological polar surface area (TPSA) is 8.81 Å². The molecule has 2 nitrogen and oxygen atoms in total. The van der Waals surface area contributed by atoms with Crippen molar-refractivity contribution >= 4 is 34.1 Å². The van der Waals surface area contributed by atoms with Gasteiger partial charge in [0.1, 0.15) is 7.05 Å². The van der Waals surface area contributed by atoms with Gasteiger partial charge in [0, 0.05) is 34.7 Å². The Labute approximate surface area is 171 Å². The van der Waals surface area contributed by atoms with E-state index in [1.165, 1.54) is 44.2 Å². The molecule has 140 valence electrons. The van der Waals surface area contributed by atoms with Crippen LogP contribution < -0.4 is 4.57 Å². The quantitative estimate of drug-likeness (QED) is 0.331. The maximum atomic E-state index is 2.28. The fraction of sp³-hybridized carbons (Fsp3) is 0.0741. The number of hydrogen-bond acceptors (Lipinski definition) is 0. The summed E-state index contributed by atoms with van der Waals surface area (Å²) in [5.74, 6) is 0. The summed E-state index contributed by atoms with van der Waals surface area (Å²) in [5.41, 5.74) is 7.41. The number of aromatic nitrogens is 2. The van der Waals surface area contributed by atoms with Crippen LogP contribution in [0.2, 0.25) is 0 Å². The largest absolute Gasteiger partial charge is 0.316 e. The zero-order valence-electron chi connectivity index (χ0n) is 16.7. The van der Waals surface area contributed by atoms with Crippen LogP contribution in [0.3, 0.4) is 0 Å². The first-order valence-corrected chi connectivity index (χ1v) is 9.94. The summed E-state index contributed by atoms with van der Waals surface area (Å²) in [6, 6.07) is 30.2.